The van der Waals surface area contributed by atoms with Gasteiger partial charge in [0, 0.05) is 13.1 Å². The van der Waals surface area contributed by atoms with E-state index in [1.54, 1.807) is 7.11 Å². The first kappa shape index (κ1) is 12.5. The number of aromatic nitrogens is 2. The van der Waals surface area contributed by atoms with Crippen molar-refractivity contribution in [2.24, 2.45) is 0 Å². The first-order valence-electron chi connectivity index (χ1n) is 5.52. The van der Waals surface area contributed by atoms with Gasteiger partial charge in [-0.3, -0.25) is 0 Å². The third kappa shape index (κ3) is 2.35. The van der Waals surface area contributed by atoms with Gasteiger partial charge in [-0.25, -0.2) is 9.97 Å². The average molecular weight is 224 g/mol. The molecule has 0 bridgehead atoms. The lowest BCUT2D eigenvalue weighted by atomic mass is 10.1. The molecule has 0 amide bonds. The highest BCUT2D eigenvalue weighted by molar-refractivity contribution is 5.62. The third-order valence-electron chi connectivity index (χ3n) is 2.84. The molecule has 1 rings (SSSR count). The highest BCUT2D eigenvalue weighted by Crippen LogP contribution is 2.30. The van der Waals surface area contributed by atoms with Crippen LogP contribution in [0.5, 0.6) is 5.75 Å². The lowest BCUT2D eigenvalue weighted by molar-refractivity contribution is 0.411. The molecule has 2 N–H and O–H groups in total. The number of ether oxygens (including phenoxy) is 1. The predicted octanol–water partition coefficient (Wildman–Crippen LogP) is 1.69. The minimum atomic E-state index is 0.380. The maximum atomic E-state index is 5.75. The summed E-state index contributed by atoms with van der Waals surface area (Å²) in [6, 6.07) is 0.434. The second-order valence-electron chi connectivity index (χ2n) is 3.70. The summed E-state index contributed by atoms with van der Waals surface area (Å²) in [4.78, 5) is 10.3. The molecule has 16 heavy (non-hydrogen) atoms. The second-order valence-corrected chi connectivity index (χ2v) is 3.70. The van der Waals surface area contributed by atoms with E-state index >= 15 is 0 Å². The van der Waals surface area contributed by atoms with Crippen LogP contribution in [-0.4, -0.2) is 30.2 Å². The number of nitrogens with two attached hydrogens (primary N) is 1. The van der Waals surface area contributed by atoms with E-state index in [0.29, 0.717) is 17.6 Å². The summed E-state index contributed by atoms with van der Waals surface area (Å²) in [6.07, 6.45) is 3.58. The van der Waals surface area contributed by atoms with Gasteiger partial charge in [0.05, 0.1) is 7.11 Å². The molecule has 0 saturated carbocycles. The molecule has 0 spiro atoms. The van der Waals surface area contributed by atoms with E-state index in [1.807, 2.05) is 7.05 Å². The molecule has 5 nitrogen and oxygen atoms in total. The van der Waals surface area contributed by atoms with Crippen molar-refractivity contribution >= 4 is 11.6 Å². The van der Waals surface area contributed by atoms with Crippen LogP contribution in [0.3, 0.4) is 0 Å². The Morgan fingerprint density at radius 1 is 1.38 bits per heavy atom. The highest BCUT2D eigenvalue weighted by Gasteiger charge is 2.18. The average Bonchev–Trinajstić information content (AvgIpc) is 2.30. The van der Waals surface area contributed by atoms with E-state index in [0.717, 1.165) is 18.7 Å². The molecule has 0 fully saturated rings. The minimum Gasteiger partial charge on any atom is -0.490 e. The predicted molar refractivity (Wildman–Crippen MR) is 65.8 cm³/mol. The van der Waals surface area contributed by atoms with Gasteiger partial charge in [-0.2, -0.15) is 0 Å². The Labute approximate surface area is 96.6 Å². The van der Waals surface area contributed by atoms with E-state index in [-0.39, 0.29) is 0 Å². The number of hydrogen-bond acceptors (Lipinski definition) is 5. The zero-order valence-corrected chi connectivity index (χ0v) is 10.4. The van der Waals surface area contributed by atoms with Crippen molar-refractivity contribution in [1.29, 1.82) is 0 Å². The Bertz CT molecular complexity index is 339. The lowest BCUT2D eigenvalue weighted by Gasteiger charge is -2.28. The molecule has 0 radical (unpaired) electrons. The van der Waals surface area contributed by atoms with Crippen LogP contribution in [0.2, 0.25) is 0 Å². The lowest BCUT2D eigenvalue weighted by Crippen LogP contribution is -2.31. The largest absolute Gasteiger partial charge is 0.490 e. The number of nitrogens with zero attached hydrogens (tertiary/aromatic N) is 3. The Balaban J connectivity index is 3.07. The topological polar surface area (TPSA) is 64.3 Å². The van der Waals surface area contributed by atoms with Gasteiger partial charge >= 0.3 is 0 Å². The number of hydrogen-bond donors (Lipinski definition) is 1. The van der Waals surface area contributed by atoms with Gasteiger partial charge < -0.3 is 15.4 Å². The van der Waals surface area contributed by atoms with Crippen molar-refractivity contribution in [3.8, 4) is 5.75 Å². The summed E-state index contributed by atoms with van der Waals surface area (Å²) < 4.78 is 5.24. The van der Waals surface area contributed by atoms with Gasteiger partial charge in [0.25, 0.3) is 0 Å². The van der Waals surface area contributed by atoms with Crippen molar-refractivity contribution in [2.75, 3.05) is 24.8 Å². The molecule has 1 aromatic rings. The number of nitrogen functional groups attached to an aromatic ring is 1. The fourth-order valence-electron chi connectivity index (χ4n) is 1.83. The van der Waals surface area contributed by atoms with Crippen LogP contribution < -0.4 is 15.4 Å². The standard InChI is InChI=1S/C11H20N4O/c1-5-8(6-2)15(3)11-9(16-4)10(12)13-7-14-11/h7-8H,5-6H2,1-4H3,(H2,12,13,14). The Kier molecular flexibility index (Phi) is 4.34. The van der Waals surface area contributed by atoms with Crippen molar-refractivity contribution in [3.05, 3.63) is 6.33 Å². The van der Waals surface area contributed by atoms with Crippen LogP contribution in [0.4, 0.5) is 11.6 Å². The van der Waals surface area contributed by atoms with Crippen molar-refractivity contribution in [1.82, 2.24) is 9.97 Å². The van der Waals surface area contributed by atoms with Gasteiger partial charge in [0.2, 0.25) is 5.75 Å². The highest BCUT2D eigenvalue weighted by atomic mass is 16.5. The van der Waals surface area contributed by atoms with E-state index < -0.39 is 0 Å². The molecule has 0 aliphatic heterocycles. The summed E-state index contributed by atoms with van der Waals surface area (Å²) in [5.74, 6) is 1.69. The smallest absolute Gasteiger partial charge is 0.204 e. The normalized spacial score (nSPS) is 10.6. The van der Waals surface area contributed by atoms with Crippen LogP contribution in [0.15, 0.2) is 6.33 Å². The van der Waals surface area contributed by atoms with E-state index in [9.17, 15) is 0 Å². The van der Waals surface area contributed by atoms with Gasteiger partial charge in [-0.05, 0) is 12.8 Å². The van der Waals surface area contributed by atoms with Crippen LogP contribution in [0, 0.1) is 0 Å². The maximum absolute atomic E-state index is 5.75. The van der Waals surface area contributed by atoms with E-state index in [2.05, 4.69) is 28.7 Å². The SMILES string of the molecule is CCC(CC)N(C)c1ncnc(N)c1OC. The van der Waals surface area contributed by atoms with Gasteiger partial charge in [-0.15, -0.1) is 0 Å². The summed E-state index contributed by atoms with van der Waals surface area (Å²) in [5, 5.41) is 0. The molecule has 0 atom stereocenters. The minimum absolute atomic E-state index is 0.380. The Hall–Kier alpha value is -1.52. The quantitative estimate of drug-likeness (QED) is 0.824. The van der Waals surface area contributed by atoms with Gasteiger partial charge in [0.15, 0.2) is 11.6 Å². The first-order chi connectivity index (χ1) is 7.65. The summed E-state index contributed by atoms with van der Waals surface area (Å²) in [7, 11) is 3.58. The molecule has 1 aromatic heterocycles. The van der Waals surface area contributed by atoms with Crippen LogP contribution >= 0.6 is 0 Å². The fraction of sp³-hybridized carbons (Fsp3) is 0.636. The molecular formula is C11H20N4O. The molecule has 0 aliphatic carbocycles. The Morgan fingerprint density at radius 3 is 2.50 bits per heavy atom. The third-order valence-corrected chi connectivity index (χ3v) is 2.84. The molecule has 5 heteroatoms. The van der Waals surface area contributed by atoms with Crippen LogP contribution in [0.1, 0.15) is 26.7 Å². The number of rotatable bonds is 5. The molecule has 90 valence electrons. The summed E-state index contributed by atoms with van der Waals surface area (Å²) >= 11 is 0. The van der Waals surface area contributed by atoms with Gasteiger partial charge in [-0.1, -0.05) is 13.8 Å². The first-order valence-corrected chi connectivity index (χ1v) is 5.52. The molecule has 0 saturated heterocycles. The van der Waals surface area contributed by atoms with Crippen LogP contribution in [-0.2, 0) is 0 Å². The zero-order chi connectivity index (χ0) is 12.1. The van der Waals surface area contributed by atoms with Gasteiger partial charge in [0.1, 0.15) is 6.33 Å². The molecule has 1 heterocycles. The summed E-state index contributed by atoms with van der Waals surface area (Å²) in [6.45, 7) is 4.31. The van der Waals surface area contributed by atoms with Crippen molar-refractivity contribution in [3.63, 3.8) is 0 Å². The van der Waals surface area contributed by atoms with E-state index in [1.165, 1.54) is 6.33 Å². The number of anilines is 2. The van der Waals surface area contributed by atoms with Crippen LogP contribution in [0.25, 0.3) is 0 Å². The molecule has 0 aromatic carbocycles. The number of methoxy groups -OCH3 is 1. The monoisotopic (exact) mass is 224 g/mol. The maximum Gasteiger partial charge on any atom is 0.204 e. The second kappa shape index (κ2) is 5.53. The van der Waals surface area contributed by atoms with Crippen molar-refractivity contribution in [2.45, 2.75) is 32.7 Å². The fourth-order valence-corrected chi connectivity index (χ4v) is 1.83. The zero-order valence-electron chi connectivity index (χ0n) is 10.4. The summed E-state index contributed by atoms with van der Waals surface area (Å²) in [5.41, 5.74) is 5.75. The molecule has 0 unspecified atom stereocenters. The van der Waals surface area contributed by atoms with E-state index in [4.69, 9.17) is 10.5 Å². The van der Waals surface area contributed by atoms with Crippen molar-refractivity contribution < 1.29 is 4.74 Å². The molecular weight excluding hydrogens is 204 g/mol. The molecule has 0 aliphatic rings. The Morgan fingerprint density at radius 2 is 2.00 bits per heavy atom.